The Kier molecular flexibility index (Phi) is 3.29. The lowest BCUT2D eigenvalue weighted by molar-refractivity contribution is 0.483. The van der Waals surface area contributed by atoms with Gasteiger partial charge in [-0.05, 0) is 32.1 Å². The van der Waals surface area contributed by atoms with Crippen LogP contribution in [0.2, 0.25) is 0 Å². The van der Waals surface area contributed by atoms with Crippen molar-refractivity contribution >= 4 is 5.95 Å². The van der Waals surface area contributed by atoms with Crippen LogP contribution in [0.4, 0.5) is 5.95 Å². The van der Waals surface area contributed by atoms with Crippen LogP contribution in [0.1, 0.15) is 45.1 Å². The van der Waals surface area contributed by atoms with Crippen LogP contribution in [0.25, 0.3) is 0 Å². The van der Waals surface area contributed by atoms with E-state index in [9.17, 15) is 0 Å². The molecule has 0 aromatic carbocycles. The molecule has 18 heavy (non-hydrogen) atoms. The number of nitrogens with zero attached hydrogens (tertiary/aromatic N) is 3. The first-order valence-electron chi connectivity index (χ1n) is 7.29. The average Bonchev–Trinajstić information content (AvgIpc) is 3.10. The molecular weight excluding hydrogens is 224 g/mol. The Bertz CT molecular complexity index is 392. The Labute approximate surface area is 109 Å². The molecule has 2 aliphatic rings. The van der Waals surface area contributed by atoms with Gasteiger partial charge in [-0.25, -0.2) is 4.98 Å². The van der Waals surface area contributed by atoms with Crippen LogP contribution >= 0.6 is 0 Å². The molecule has 1 saturated carbocycles. The number of hydrogen-bond acceptors (Lipinski definition) is 3. The number of hydrogen-bond donors (Lipinski definition) is 1. The third-order valence-corrected chi connectivity index (χ3v) is 4.62. The number of anilines is 1. The Balaban J connectivity index is 1.75. The Morgan fingerprint density at radius 1 is 1.33 bits per heavy atom. The van der Waals surface area contributed by atoms with Crippen molar-refractivity contribution in [3.05, 3.63) is 12.4 Å². The Morgan fingerprint density at radius 3 is 2.78 bits per heavy atom. The van der Waals surface area contributed by atoms with Gasteiger partial charge in [0.25, 0.3) is 0 Å². The van der Waals surface area contributed by atoms with E-state index in [-0.39, 0.29) is 0 Å². The van der Waals surface area contributed by atoms with Crippen LogP contribution in [0.5, 0.6) is 0 Å². The first kappa shape index (κ1) is 12.0. The maximum Gasteiger partial charge on any atom is 0.205 e. The molecule has 3 rings (SSSR count). The van der Waals surface area contributed by atoms with Gasteiger partial charge in [0.15, 0.2) is 0 Å². The molecule has 2 N–H and O–H groups in total. The van der Waals surface area contributed by atoms with E-state index in [0.29, 0.717) is 18.0 Å². The second-order valence-electron chi connectivity index (χ2n) is 5.93. The van der Waals surface area contributed by atoms with Crippen molar-refractivity contribution in [2.75, 3.05) is 18.0 Å². The molecule has 0 spiro atoms. The van der Waals surface area contributed by atoms with Crippen molar-refractivity contribution in [2.24, 2.45) is 11.7 Å². The lowest BCUT2D eigenvalue weighted by Crippen LogP contribution is -2.31. The maximum atomic E-state index is 6.02. The fourth-order valence-electron chi connectivity index (χ4n) is 3.42. The topological polar surface area (TPSA) is 47.1 Å². The zero-order valence-electron chi connectivity index (χ0n) is 11.3. The minimum atomic E-state index is 0.296. The molecule has 2 atom stereocenters. The van der Waals surface area contributed by atoms with E-state index >= 15 is 0 Å². The highest BCUT2D eigenvalue weighted by Gasteiger charge is 2.29. The van der Waals surface area contributed by atoms with Crippen molar-refractivity contribution in [3.8, 4) is 0 Å². The summed E-state index contributed by atoms with van der Waals surface area (Å²) in [6, 6.07) is 0.974. The predicted octanol–water partition coefficient (Wildman–Crippen LogP) is 2.17. The Hall–Kier alpha value is -1.03. The molecular formula is C14H24N4. The van der Waals surface area contributed by atoms with Gasteiger partial charge in [-0.15, -0.1) is 0 Å². The highest BCUT2D eigenvalue weighted by atomic mass is 15.3. The third-order valence-electron chi connectivity index (χ3n) is 4.62. The van der Waals surface area contributed by atoms with Gasteiger partial charge >= 0.3 is 0 Å². The summed E-state index contributed by atoms with van der Waals surface area (Å²) >= 11 is 0. The van der Waals surface area contributed by atoms with E-state index in [1.807, 2.05) is 6.20 Å². The van der Waals surface area contributed by atoms with Crippen LogP contribution in [-0.4, -0.2) is 28.7 Å². The van der Waals surface area contributed by atoms with Crippen molar-refractivity contribution in [2.45, 2.75) is 51.1 Å². The van der Waals surface area contributed by atoms with E-state index < -0.39 is 0 Å². The van der Waals surface area contributed by atoms with Crippen molar-refractivity contribution in [1.82, 2.24) is 9.55 Å². The van der Waals surface area contributed by atoms with Gasteiger partial charge in [0.2, 0.25) is 5.95 Å². The van der Waals surface area contributed by atoms with Crippen molar-refractivity contribution in [3.63, 3.8) is 0 Å². The smallest absolute Gasteiger partial charge is 0.205 e. The lowest BCUT2D eigenvalue weighted by atomic mass is 10.0. The average molecular weight is 248 g/mol. The molecule has 0 radical (unpaired) electrons. The number of nitrogens with two attached hydrogens (primary N) is 1. The second-order valence-corrected chi connectivity index (χ2v) is 5.93. The number of rotatable bonds is 3. The van der Waals surface area contributed by atoms with Crippen molar-refractivity contribution in [1.29, 1.82) is 0 Å². The molecule has 2 unspecified atom stereocenters. The van der Waals surface area contributed by atoms with E-state index in [2.05, 4.69) is 27.6 Å². The zero-order valence-corrected chi connectivity index (χ0v) is 11.3. The quantitative estimate of drug-likeness (QED) is 0.891. The monoisotopic (exact) mass is 248 g/mol. The molecule has 2 heterocycles. The summed E-state index contributed by atoms with van der Waals surface area (Å²) in [6.07, 6.45) is 10.7. The standard InChI is InChI=1S/C14H24N4/c1-11(15)12-6-8-17(10-12)14-16-7-9-18(14)13-4-2-3-5-13/h7,9,11-13H,2-6,8,10,15H2,1H3. The zero-order chi connectivity index (χ0) is 12.5. The molecule has 0 amide bonds. The van der Waals surface area contributed by atoms with Gasteiger partial charge in [0.1, 0.15) is 0 Å². The molecule has 0 bridgehead atoms. The van der Waals surface area contributed by atoms with Gasteiger partial charge in [0, 0.05) is 37.6 Å². The third kappa shape index (κ3) is 2.14. The minimum Gasteiger partial charge on any atom is -0.342 e. The van der Waals surface area contributed by atoms with Crippen LogP contribution in [0, 0.1) is 5.92 Å². The van der Waals surface area contributed by atoms with E-state index in [1.165, 1.54) is 38.1 Å². The van der Waals surface area contributed by atoms with E-state index in [4.69, 9.17) is 5.73 Å². The SMILES string of the molecule is CC(N)C1CCN(c2nccn2C2CCCC2)C1. The van der Waals surface area contributed by atoms with Gasteiger partial charge in [-0.1, -0.05) is 12.8 Å². The fourth-order valence-corrected chi connectivity index (χ4v) is 3.42. The molecule has 1 aliphatic carbocycles. The molecule has 4 nitrogen and oxygen atoms in total. The molecule has 1 aliphatic heterocycles. The molecule has 2 fully saturated rings. The molecule has 100 valence electrons. The Morgan fingerprint density at radius 2 is 2.11 bits per heavy atom. The van der Waals surface area contributed by atoms with Crippen LogP contribution in [0.15, 0.2) is 12.4 Å². The van der Waals surface area contributed by atoms with Gasteiger partial charge in [-0.3, -0.25) is 0 Å². The minimum absolute atomic E-state index is 0.296. The summed E-state index contributed by atoms with van der Waals surface area (Å²) in [6.45, 7) is 4.30. The fraction of sp³-hybridized carbons (Fsp3) is 0.786. The molecule has 1 saturated heterocycles. The summed E-state index contributed by atoms with van der Waals surface area (Å²) in [4.78, 5) is 7.01. The second kappa shape index (κ2) is 4.92. The predicted molar refractivity (Wildman–Crippen MR) is 73.7 cm³/mol. The van der Waals surface area contributed by atoms with Crippen LogP contribution in [-0.2, 0) is 0 Å². The van der Waals surface area contributed by atoms with Gasteiger partial charge < -0.3 is 15.2 Å². The number of aromatic nitrogens is 2. The molecule has 1 aromatic heterocycles. The highest BCUT2D eigenvalue weighted by molar-refractivity contribution is 5.34. The normalized spacial score (nSPS) is 27.0. The summed E-state index contributed by atoms with van der Waals surface area (Å²) in [5.74, 6) is 1.80. The summed E-state index contributed by atoms with van der Waals surface area (Å²) in [5, 5.41) is 0. The first-order valence-corrected chi connectivity index (χ1v) is 7.29. The van der Waals surface area contributed by atoms with E-state index in [1.54, 1.807) is 0 Å². The largest absolute Gasteiger partial charge is 0.342 e. The van der Waals surface area contributed by atoms with Gasteiger partial charge in [-0.2, -0.15) is 0 Å². The first-order chi connectivity index (χ1) is 8.75. The number of imidazole rings is 1. The lowest BCUT2D eigenvalue weighted by Gasteiger charge is -2.23. The van der Waals surface area contributed by atoms with Crippen LogP contribution < -0.4 is 10.6 Å². The summed E-state index contributed by atoms with van der Waals surface area (Å²) < 4.78 is 2.40. The molecule has 4 heteroatoms. The maximum absolute atomic E-state index is 6.02. The van der Waals surface area contributed by atoms with Crippen molar-refractivity contribution < 1.29 is 0 Å². The molecule has 1 aromatic rings. The summed E-state index contributed by atoms with van der Waals surface area (Å²) in [5.41, 5.74) is 6.02. The summed E-state index contributed by atoms with van der Waals surface area (Å²) in [7, 11) is 0. The van der Waals surface area contributed by atoms with E-state index in [0.717, 1.165) is 13.1 Å². The highest BCUT2D eigenvalue weighted by Crippen LogP contribution is 2.34. The van der Waals surface area contributed by atoms with Gasteiger partial charge in [0.05, 0.1) is 0 Å². The van der Waals surface area contributed by atoms with Crippen LogP contribution in [0.3, 0.4) is 0 Å².